The maximum Gasteiger partial charge on any atom is 0.256 e. The zero-order valence-corrected chi connectivity index (χ0v) is 20.9. The Labute approximate surface area is 208 Å². The molecule has 4 aliphatic rings. The van der Waals surface area contributed by atoms with Crippen molar-refractivity contribution in [2.75, 3.05) is 22.5 Å². The number of fused-ring (bicyclic) bond motifs is 1. The van der Waals surface area contributed by atoms with E-state index in [1.54, 1.807) is 24.4 Å². The van der Waals surface area contributed by atoms with E-state index in [1.165, 1.54) is 5.12 Å². The Balaban J connectivity index is 1.53. The number of carbonyl (C=O) groups is 1. The monoisotopic (exact) mass is 518 g/mol. The first-order chi connectivity index (χ1) is 16.6. The largest absolute Gasteiger partial charge is 0.359 e. The quantitative estimate of drug-likeness (QED) is 0.403. The molecule has 35 heavy (non-hydrogen) atoms. The minimum Gasteiger partial charge on any atom is -0.359 e. The number of rotatable bonds is 7. The zero-order chi connectivity index (χ0) is 25.0. The molecule has 13 heteroatoms. The summed E-state index contributed by atoms with van der Waals surface area (Å²) < 4.78 is 22.6. The predicted molar refractivity (Wildman–Crippen MR) is 134 cm³/mol. The maximum absolute atomic E-state index is 13.8. The predicted octanol–water partition coefficient (Wildman–Crippen LogP) is 1.89. The molecule has 2 unspecified atom stereocenters. The van der Waals surface area contributed by atoms with Crippen LogP contribution >= 0.6 is 11.6 Å². The molecule has 2 heterocycles. The number of nitrogens with one attached hydrogen (secondary N) is 3. The Kier molecular flexibility index (Phi) is 5.66. The topological polar surface area (TPSA) is 145 Å². The van der Waals surface area contributed by atoms with Crippen molar-refractivity contribution in [3.63, 3.8) is 0 Å². The third-order valence-electron chi connectivity index (χ3n) is 6.60. The van der Waals surface area contributed by atoms with E-state index in [9.17, 15) is 13.2 Å². The van der Waals surface area contributed by atoms with E-state index >= 15 is 0 Å². The molecule has 0 aromatic heterocycles. The molecule has 1 amide bonds. The zero-order valence-electron chi connectivity index (χ0n) is 19.3. The third-order valence-corrected chi connectivity index (χ3v) is 7.77. The molecule has 0 bridgehead atoms. The lowest BCUT2D eigenvalue weighted by Gasteiger charge is -2.48. The second-order valence-corrected chi connectivity index (χ2v) is 11.3. The molecule has 5 N–H and O–H groups in total. The van der Waals surface area contributed by atoms with Crippen molar-refractivity contribution >= 4 is 38.9 Å². The number of hydrogen-bond donors (Lipinski definition) is 4. The SMILES string of the molecule is Cc1ccc2c(c1C)N(C1(C(=O)NC3CC3)C=CC3(C=C1Cl)N=NN3NCCS(N)(=O)=O)C=CN2. The lowest BCUT2D eigenvalue weighted by Crippen LogP contribution is -2.62. The number of halogens is 1. The standard InChI is InChI=1S/C22H27ClN8O3S/c1-14-3-6-17-19(15(14)2)30(11-9-25-17)22(20(32)27-16-4-5-16)8-7-21(13-18(22)23)28-29-31(21)26-10-12-35(24,33)34/h3,6-9,11,13,16,25-26H,4-5,10,12H2,1-2H3,(H,27,32)(H2,24,33,34). The van der Waals surface area contributed by atoms with Crippen molar-refractivity contribution in [2.24, 2.45) is 15.5 Å². The van der Waals surface area contributed by atoms with Gasteiger partial charge in [0.15, 0.2) is 5.54 Å². The van der Waals surface area contributed by atoms with Crippen molar-refractivity contribution in [1.82, 2.24) is 15.9 Å². The van der Waals surface area contributed by atoms with Gasteiger partial charge < -0.3 is 15.5 Å². The van der Waals surface area contributed by atoms with Gasteiger partial charge in [0, 0.05) is 25.0 Å². The molecule has 1 saturated carbocycles. The number of anilines is 2. The Morgan fingerprint density at radius 2 is 2.09 bits per heavy atom. The normalized spacial score (nSPS) is 26.8. The van der Waals surface area contributed by atoms with Gasteiger partial charge in [-0.1, -0.05) is 22.9 Å². The van der Waals surface area contributed by atoms with Crippen molar-refractivity contribution in [3.8, 4) is 0 Å². The number of primary sulfonamides is 1. The molecule has 1 aromatic rings. The van der Waals surface area contributed by atoms with Gasteiger partial charge in [-0.2, -0.15) is 5.12 Å². The number of hydrogen-bond acceptors (Lipinski definition) is 9. The van der Waals surface area contributed by atoms with Crippen molar-refractivity contribution < 1.29 is 13.2 Å². The molecule has 1 aromatic carbocycles. The summed E-state index contributed by atoms with van der Waals surface area (Å²) in [7, 11) is -3.64. The van der Waals surface area contributed by atoms with Crippen LogP contribution in [0.4, 0.5) is 11.4 Å². The van der Waals surface area contributed by atoms with Crippen LogP contribution in [0, 0.1) is 13.8 Å². The van der Waals surface area contributed by atoms with Gasteiger partial charge in [-0.25, -0.2) is 19.0 Å². The van der Waals surface area contributed by atoms with Crippen LogP contribution in [0.15, 0.2) is 58.1 Å². The summed E-state index contributed by atoms with van der Waals surface area (Å²) >= 11 is 6.98. The molecule has 5 rings (SSSR count). The molecule has 1 fully saturated rings. The molecular formula is C22H27ClN8O3S. The average molecular weight is 519 g/mol. The highest BCUT2D eigenvalue weighted by Gasteiger charge is 2.54. The van der Waals surface area contributed by atoms with Gasteiger partial charge >= 0.3 is 0 Å². The van der Waals surface area contributed by atoms with E-state index in [0.29, 0.717) is 0 Å². The Bertz CT molecular complexity index is 1310. The first kappa shape index (κ1) is 23.8. The summed E-state index contributed by atoms with van der Waals surface area (Å²) in [5.41, 5.74) is 4.27. The first-order valence-corrected chi connectivity index (χ1v) is 13.3. The van der Waals surface area contributed by atoms with E-state index in [-0.39, 0.29) is 29.3 Å². The van der Waals surface area contributed by atoms with Crippen LogP contribution in [0.1, 0.15) is 24.0 Å². The molecule has 11 nitrogen and oxygen atoms in total. The minimum atomic E-state index is -3.64. The highest BCUT2D eigenvalue weighted by atomic mass is 35.5. The van der Waals surface area contributed by atoms with Crippen molar-refractivity contribution in [1.29, 1.82) is 0 Å². The van der Waals surface area contributed by atoms with Crippen LogP contribution in [0.25, 0.3) is 0 Å². The fourth-order valence-corrected chi connectivity index (χ4v) is 5.09. The summed E-state index contributed by atoms with van der Waals surface area (Å²) in [6, 6.07) is 4.13. The summed E-state index contributed by atoms with van der Waals surface area (Å²) in [5.74, 6) is -0.513. The number of carbonyl (C=O) groups excluding carboxylic acids is 1. The van der Waals surface area contributed by atoms with Gasteiger partial charge in [-0.3, -0.25) is 4.79 Å². The lowest BCUT2D eigenvalue weighted by molar-refractivity contribution is -0.123. The van der Waals surface area contributed by atoms with Crippen molar-refractivity contribution in [3.05, 3.63) is 58.9 Å². The fourth-order valence-electron chi connectivity index (χ4n) is 4.32. The maximum atomic E-state index is 13.8. The van der Waals surface area contributed by atoms with Crippen LogP contribution in [0.2, 0.25) is 0 Å². The smallest absolute Gasteiger partial charge is 0.256 e. The van der Waals surface area contributed by atoms with Gasteiger partial charge in [0.05, 0.1) is 22.2 Å². The van der Waals surface area contributed by atoms with Crippen LogP contribution in [-0.4, -0.2) is 49.0 Å². The number of nitrogens with two attached hydrogens (primary N) is 1. The molecule has 2 aliphatic heterocycles. The number of nitrogens with zero attached hydrogens (tertiary/aromatic N) is 4. The van der Waals surface area contributed by atoms with E-state index in [2.05, 4.69) is 26.4 Å². The average Bonchev–Trinajstić information content (AvgIpc) is 3.61. The molecule has 1 spiro atoms. The Hall–Kier alpha value is -2.93. The van der Waals surface area contributed by atoms with Gasteiger partial charge in [0.2, 0.25) is 15.7 Å². The molecule has 186 valence electrons. The van der Waals surface area contributed by atoms with Crippen LogP contribution in [-0.2, 0) is 14.8 Å². The van der Waals surface area contributed by atoms with Gasteiger partial charge in [-0.05, 0) is 62.1 Å². The van der Waals surface area contributed by atoms with Crippen LogP contribution in [0.3, 0.4) is 0 Å². The summed E-state index contributed by atoms with van der Waals surface area (Å²) in [5, 5.41) is 21.2. The molecule has 2 aliphatic carbocycles. The highest BCUT2D eigenvalue weighted by molar-refractivity contribution is 7.89. The Morgan fingerprint density at radius 1 is 1.31 bits per heavy atom. The van der Waals surface area contributed by atoms with Gasteiger partial charge in [0.25, 0.3) is 5.91 Å². The summed E-state index contributed by atoms with van der Waals surface area (Å²) in [6.45, 7) is 4.07. The van der Waals surface area contributed by atoms with E-state index in [4.69, 9.17) is 16.7 Å². The number of aryl methyl sites for hydroxylation is 1. The highest BCUT2D eigenvalue weighted by Crippen LogP contribution is 2.47. The third kappa shape index (κ3) is 4.10. The number of amides is 1. The second-order valence-electron chi connectivity index (χ2n) is 9.13. The second kappa shape index (κ2) is 8.33. The van der Waals surface area contributed by atoms with E-state index in [0.717, 1.165) is 35.3 Å². The molecule has 0 radical (unpaired) electrons. The Morgan fingerprint density at radius 3 is 2.71 bits per heavy atom. The van der Waals surface area contributed by atoms with Crippen LogP contribution < -0.4 is 26.1 Å². The van der Waals surface area contributed by atoms with Crippen molar-refractivity contribution in [2.45, 2.75) is 43.9 Å². The van der Waals surface area contributed by atoms with Gasteiger partial charge in [-0.15, -0.1) is 5.11 Å². The number of sulfonamides is 1. The molecular weight excluding hydrogens is 492 g/mol. The summed E-state index contributed by atoms with van der Waals surface area (Å²) in [4.78, 5) is 15.7. The number of hydrazine groups is 1. The fraction of sp³-hybridized carbons (Fsp3) is 0.409. The minimum absolute atomic E-state index is 0.0403. The molecule has 2 atom stereocenters. The van der Waals surface area contributed by atoms with Crippen LogP contribution in [0.5, 0.6) is 0 Å². The first-order valence-electron chi connectivity index (χ1n) is 11.3. The van der Waals surface area contributed by atoms with E-state index in [1.807, 2.05) is 37.1 Å². The van der Waals surface area contributed by atoms with E-state index < -0.39 is 21.2 Å². The van der Waals surface area contributed by atoms with Gasteiger partial charge in [0.1, 0.15) is 0 Å². The molecule has 0 saturated heterocycles. The number of benzene rings is 1. The lowest BCUT2D eigenvalue weighted by atomic mass is 9.85. The summed E-state index contributed by atoms with van der Waals surface area (Å²) in [6.07, 6.45) is 10.6.